The lowest BCUT2D eigenvalue weighted by atomic mass is 10.0. The van der Waals surface area contributed by atoms with Crippen LogP contribution in [0.2, 0.25) is 0 Å². The van der Waals surface area contributed by atoms with Crippen molar-refractivity contribution in [1.29, 1.82) is 0 Å². The minimum absolute atomic E-state index is 0.135. The average molecular weight is 284 g/mol. The Morgan fingerprint density at radius 3 is 2.26 bits per heavy atom. The maximum atomic E-state index is 13.2. The van der Waals surface area contributed by atoms with Gasteiger partial charge < -0.3 is 9.84 Å². The first-order valence-corrected chi connectivity index (χ1v) is 5.55. The predicted octanol–water partition coefficient (Wildman–Crippen LogP) is 2.84. The van der Waals surface area contributed by atoms with Gasteiger partial charge in [0.2, 0.25) is 0 Å². The van der Waals surface area contributed by atoms with Crippen LogP contribution in [0.1, 0.15) is 12.0 Å². The minimum Gasteiger partial charge on any atom is -0.393 e. The molecule has 1 aromatic carbocycles. The van der Waals surface area contributed by atoms with Gasteiger partial charge in [0, 0.05) is 18.6 Å². The second-order valence-corrected chi connectivity index (χ2v) is 4.01. The molecule has 7 heteroatoms. The van der Waals surface area contributed by atoms with Crippen LogP contribution in [-0.4, -0.2) is 30.6 Å². The molecule has 0 aliphatic heterocycles. The van der Waals surface area contributed by atoms with Crippen molar-refractivity contribution in [1.82, 2.24) is 0 Å². The molecule has 1 atom stereocenters. The van der Waals surface area contributed by atoms with E-state index in [1.54, 1.807) is 0 Å². The van der Waals surface area contributed by atoms with E-state index in [-0.39, 0.29) is 25.0 Å². The van der Waals surface area contributed by atoms with E-state index < -0.39 is 30.5 Å². The highest BCUT2D eigenvalue weighted by atomic mass is 19.4. The van der Waals surface area contributed by atoms with Gasteiger partial charge in [0.25, 0.3) is 0 Å². The van der Waals surface area contributed by atoms with E-state index in [1.807, 2.05) is 0 Å². The van der Waals surface area contributed by atoms with Crippen LogP contribution < -0.4 is 0 Å². The fraction of sp³-hybridized carbons (Fsp3) is 0.500. The molecule has 0 spiro atoms. The zero-order chi connectivity index (χ0) is 14.5. The Morgan fingerprint density at radius 1 is 1.16 bits per heavy atom. The molecule has 0 aromatic heterocycles. The van der Waals surface area contributed by atoms with Crippen molar-refractivity contribution in [3.63, 3.8) is 0 Å². The van der Waals surface area contributed by atoms with Gasteiger partial charge in [-0.05, 0) is 18.6 Å². The van der Waals surface area contributed by atoms with Crippen molar-refractivity contribution in [2.24, 2.45) is 0 Å². The molecular weight excluding hydrogens is 271 g/mol. The molecule has 1 rings (SSSR count). The Bertz CT molecular complexity index is 385. The third-order valence-electron chi connectivity index (χ3n) is 2.36. The Balaban J connectivity index is 2.37. The quantitative estimate of drug-likeness (QED) is 0.643. The van der Waals surface area contributed by atoms with E-state index in [9.17, 15) is 27.1 Å². The van der Waals surface area contributed by atoms with Gasteiger partial charge in [-0.1, -0.05) is 6.07 Å². The summed E-state index contributed by atoms with van der Waals surface area (Å²) in [5, 5.41) is 9.49. The first kappa shape index (κ1) is 15.8. The molecule has 1 aromatic rings. The lowest BCUT2D eigenvalue weighted by Crippen LogP contribution is -2.20. The number of ether oxygens (including phenoxy) is 1. The first-order valence-electron chi connectivity index (χ1n) is 5.55. The van der Waals surface area contributed by atoms with Crippen molar-refractivity contribution in [2.45, 2.75) is 25.1 Å². The molecule has 0 aliphatic rings. The van der Waals surface area contributed by atoms with Gasteiger partial charge in [-0.3, -0.25) is 0 Å². The number of aliphatic hydroxyl groups excluding tert-OH is 1. The highest BCUT2D eigenvalue weighted by molar-refractivity contribution is 5.20. The summed E-state index contributed by atoms with van der Waals surface area (Å²) >= 11 is 0. The number of rotatable bonds is 6. The normalized spacial score (nSPS) is 13.6. The number of benzene rings is 1. The Hall–Kier alpha value is -1.21. The molecule has 0 radical (unpaired) electrons. The second kappa shape index (κ2) is 6.81. The number of hydrogen-bond donors (Lipinski definition) is 1. The van der Waals surface area contributed by atoms with Gasteiger partial charge in [0.05, 0.1) is 6.10 Å². The highest BCUT2D eigenvalue weighted by Crippen LogP contribution is 2.17. The number of hydrogen-bond acceptors (Lipinski definition) is 2. The van der Waals surface area contributed by atoms with E-state index in [0.717, 1.165) is 12.1 Å². The van der Waals surface area contributed by atoms with Gasteiger partial charge >= 0.3 is 6.18 Å². The van der Waals surface area contributed by atoms with Crippen LogP contribution in [0.3, 0.4) is 0 Å². The van der Waals surface area contributed by atoms with Crippen LogP contribution >= 0.6 is 0 Å². The molecule has 19 heavy (non-hydrogen) atoms. The van der Waals surface area contributed by atoms with Gasteiger partial charge in [-0.15, -0.1) is 0 Å². The third-order valence-corrected chi connectivity index (χ3v) is 2.36. The fourth-order valence-corrected chi connectivity index (χ4v) is 1.47. The Labute approximate surface area is 106 Å². The van der Waals surface area contributed by atoms with Crippen LogP contribution in [0, 0.1) is 11.6 Å². The molecular formula is C12H13F5O2. The lowest BCUT2D eigenvalue weighted by Gasteiger charge is -2.13. The Morgan fingerprint density at radius 2 is 1.74 bits per heavy atom. The van der Waals surface area contributed by atoms with E-state index >= 15 is 0 Å². The molecule has 0 saturated heterocycles. The van der Waals surface area contributed by atoms with Gasteiger partial charge in [-0.2, -0.15) is 13.2 Å². The standard InChI is InChI=1S/C12H13F5O2/c13-10-2-1-3-11(14)9(10)6-8(18)4-5-19-7-12(15,16)17/h1-3,8,18H,4-7H2. The summed E-state index contributed by atoms with van der Waals surface area (Å²) in [4.78, 5) is 0. The maximum Gasteiger partial charge on any atom is 0.411 e. The van der Waals surface area contributed by atoms with Crippen molar-refractivity contribution < 1.29 is 31.8 Å². The molecule has 0 aliphatic carbocycles. The summed E-state index contributed by atoms with van der Waals surface area (Å²) in [7, 11) is 0. The maximum absolute atomic E-state index is 13.2. The van der Waals surface area contributed by atoms with Gasteiger partial charge in [0.15, 0.2) is 0 Å². The summed E-state index contributed by atoms with van der Waals surface area (Å²) in [5.74, 6) is -1.59. The van der Waals surface area contributed by atoms with Gasteiger partial charge in [0.1, 0.15) is 18.2 Å². The third kappa shape index (κ3) is 5.98. The highest BCUT2D eigenvalue weighted by Gasteiger charge is 2.27. The van der Waals surface area contributed by atoms with Crippen molar-refractivity contribution >= 4 is 0 Å². The van der Waals surface area contributed by atoms with Crippen LogP contribution in [0.5, 0.6) is 0 Å². The Kier molecular flexibility index (Phi) is 5.68. The van der Waals surface area contributed by atoms with Crippen LogP contribution in [0.25, 0.3) is 0 Å². The lowest BCUT2D eigenvalue weighted by molar-refractivity contribution is -0.175. The summed E-state index contributed by atoms with van der Waals surface area (Å²) in [5.41, 5.74) is -0.286. The van der Waals surface area contributed by atoms with E-state index in [2.05, 4.69) is 4.74 Å². The van der Waals surface area contributed by atoms with Crippen LogP contribution in [-0.2, 0) is 11.2 Å². The molecule has 0 heterocycles. The van der Waals surface area contributed by atoms with Crippen molar-refractivity contribution in [3.05, 3.63) is 35.4 Å². The fourth-order valence-electron chi connectivity index (χ4n) is 1.47. The number of aliphatic hydroxyl groups is 1. The van der Waals surface area contributed by atoms with Crippen molar-refractivity contribution in [2.75, 3.05) is 13.2 Å². The molecule has 0 fully saturated rings. The smallest absolute Gasteiger partial charge is 0.393 e. The molecule has 0 bridgehead atoms. The molecule has 2 nitrogen and oxygen atoms in total. The molecule has 108 valence electrons. The average Bonchev–Trinajstić information content (AvgIpc) is 2.28. The molecule has 1 unspecified atom stereocenters. The van der Waals surface area contributed by atoms with E-state index in [4.69, 9.17) is 0 Å². The predicted molar refractivity (Wildman–Crippen MR) is 57.6 cm³/mol. The molecule has 1 N–H and O–H groups in total. The van der Waals surface area contributed by atoms with E-state index in [1.165, 1.54) is 6.07 Å². The SMILES string of the molecule is OC(CCOCC(F)(F)F)Cc1c(F)cccc1F. The second-order valence-electron chi connectivity index (χ2n) is 4.01. The zero-order valence-corrected chi connectivity index (χ0v) is 9.88. The number of alkyl halides is 3. The van der Waals surface area contributed by atoms with Crippen molar-refractivity contribution in [3.8, 4) is 0 Å². The zero-order valence-electron chi connectivity index (χ0n) is 9.88. The number of halogens is 5. The summed E-state index contributed by atoms with van der Waals surface area (Å²) in [6, 6.07) is 3.28. The van der Waals surface area contributed by atoms with E-state index in [0.29, 0.717) is 0 Å². The summed E-state index contributed by atoms with van der Waals surface area (Å²) in [6.07, 6.45) is -6.04. The van der Waals surface area contributed by atoms with Crippen LogP contribution in [0.15, 0.2) is 18.2 Å². The largest absolute Gasteiger partial charge is 0.411 e. The topological polar surface area (TPSA) is 29.5 Å². The monoisotopic (exact) mass is 284 g/mol. The first-order chi connectivity index (χ1) is 8.79. The molecule has 0 amide bonds. The summed E-state index contributed by atoms with van der Waals surface area (Å²) in [6.45, 7) is -1.75. The summed E-state index contributed by atoms with van der Waals surface area (Å²) < 4.78 is 66.0. The minimum atomic E-state index is -4.43. The van der Waals surface area contributed by atoms with Crippen LogP contribution in [0.4, 0.5) is 22.0 Å². The van der Waals surface area contributed by atoms with Gasteiger partial charge in [-0.25, -0.2) is 8.78 Å². The molecule has 0 saturated carbocycles.